The molecule has 0 bridgehead atoms. The molecule has 2 aliphatic heterocycles. The fourth-order valence-corrected chi connectivity index (χ4v) is 10.9. The number of methoxy groups -OCH3 is 6. The highest BCUT2D eigenvalue weighted by atomic mass is 19.1. The van der Waals surface area contributed by atoms with Crippen molar-refractivity contribution in [2.45, 2.75) is 143 Å². The number of aliphatic hydroxyl groups is 2. The van der Waals surface area contributed by atoms with Gasteiger partial charge in [-0.15, -0.1) is 9.78 Å². The lowest BCUT2D eigenvalue weighted by Crippen LogP contribution is -2.47. The van der Waals surface area contributed by atoms with E-state index in [-0.39, 0.29) is 53.5 Å². The first-order valence-corrected chi connectivity index (χ1v) is 31.4. The first-order chi connectivity index (χ1) is 46.6. The molecule has 97 heavy (non-hydrogen) atoms. The van der Waals surface area contributed by atoms with Crippen LogP contribution in [0.5, 0.6) is 34.5 Å². The third-order valence-corrected chi connectivity index (χ3v) is 15.7. The number of carboxylic acids is 1. The van der Waals surface area contributed by atoms with Crippen LogP contribution in [-0.2, 0) is 35.8 Å². The smallest absolute Gasteiger partial charge is 0.300 e. The zero-order valence-corrected chi connectivity index (χ0v) is 57.7. The maximum absolute atomic E-state index is 14.9. The summed E-state index contributed by atoms with van der Waals surface area (Å²) in [6.45, 7) is 17.9. The molecule has 0 unspecified atom stereocenters. The lowest BCUT2D eigenvalue weighted by molar-refractivity contribution is -0.760. The number of hydrogen-bond acceptors (Lipinski definition) is 21. The summed E-state index contributed by atoms with van der Waals surface area (Å²) in [5, 5.41) is 53.1. The summed E-state index contributed by atoms with van der Waals surface area (Å²) in [6, 6.07) is 21.4. The number of nitriles is 1. The van der Waals surface area contributed by atoms with Crippen molar-refractivity contribution < 1.29 is 68.2 Å². The number of carboxylic acid groups (broad SMARTS) is 1. The molecule has 28 heteroatoms. The van der Waals surface area contributed by atoms with E-state index in [4.69, 9.17) is 65.8 Å². The van der Waals surface area contributed by atoms with E-state index >= 15 is 0 Å². The van der Waals surface area contributed by atoms with Crippen molar-refractivity contribution in [3.05, 3.63) is 120 Å². The summed E-state index contributed by atoms with van der Waals surface area (Å²) < 4.78 is 71.5. The number of aromatic amines is 1. The number of nitrogens with zero attached hydrogens (tertiary/aromatic N) is 12. The number of ether oxygens (including phenoxy) is 6. The Labute approximate surface area is 565 Å². The number of ketones is 1. The molecule has 7 N–H and O–H groups in total. The van der Waals surface area contributed by atoms with Crippen LogP contribution in [0.4, 0.5) is 31.8 Å². The third-order valence-electron chi connectivity index (χ3n) is 15.7. The Morgan fingerprint density at radius 3 is 2.02 bits per heavy atom. The second-order valence-corrected chi connectivity index (χ2v) is 24.2. The lowest BCUT2D eigenvalue weighted by Gasteiger charge is -2.37. The minimum atomic E-state index is -0.871. The topological polar surface area (TPSA) is 324 Å². The zero-order valence-electron chi connectivity index (χ0n) is 58.7. The monoisotopic (exact) mass is 1350 g/mol. The van der Waals surface area contributed by atoms with Gasteiger partial charge in [0, 0.05) is 98.8 Å². The number of hydrogen-bond donors (Lipinski definition) is 6. The van der Waals surface area contributed by atoms with E-state index in [9.17, 15) is 23.8 Å². The van der Waals surface area contributed by atoms with Crippen molar-refractivity contribution in [3.8, 4) is 40.6 Å². The van der Waals surface area contributed by atoms with Gasteiger partial charge in [-0.05, 0) is 104 Å². The summed E-state index contributed by atoms with van der Waals surface area (Å²) in [6.07, 6.45) is 11.5. The van der Waals surface area contributed by atoms with Gasteiger partial charge >= 0.3 is 0 Å². The van der Waals surface area contributed by atoms with E-state index in [0.717, 1.165) is 67.7 Å². The SMILES string of the molecule is CC(=O)O.COc1ccc(CN=C=Nc2cc(OC)c(F)cc2C#N)c(OC)c1.COc1ccc(CNc2nc3cc(OC)c(F)cc3c3nc([C@@H]4CC[C@H](C)N(c5cnn(CC(C)(C)O)c5)C4)nn23)c(OC)c1.C[C@H]1CC[C@@H](C(=O)CN)CN1c1c[nH][n+](CC(C)(C)O)c1.[2H]CC. The van der Waals surface area contributed by atoms with Gasteiger partial charge in [-0.2, -0.15) is 25.0 Å². The van der Waals surface area contributed by atoms with Gasteiger partial charge in [-0.25, -0.2) is 23.7 Å². The average Bonchev–Trinajstić information content (AvgIpc) is 1.53. The number of carbonyl (C=O) groups excluding carboxylic acids is 1. The zero-order chi connectivity index (χ0) is 72.0. The molecule has 0 spiro atoms. The molecule has 6 heterocycles. The quantitative estimate of drug-likeness (QED) is 0.0288. The Bertz CT molecular complexity index is 4060. The van der Waals surface area contributed by atoms with E-state index in [1.165, 1.54) is 26.4 Å². The first kappa shape index (κ1) is 74.5. The maximum Gasteiger partial charge on any atom is 0.300 e. The lowest BCUT2D eigenvalue weighted by atomic mass is 9.90. The number of H-pyrrole nitrogens is 1. The minimum Gasteiger partial charge on any atom is -0.497 e. The molecule has 0 radical (unpaired) electrons. The van der Waals surface area contributed by atoms with Crippen molar-refractivity contribution in [1.29, 1.82) is 5.26 Å². The highest BCUT2D eigenvalue weighted by molar-refractivity contribution is 5.93. The van der Waals surface area contributed by atoms with Gasteiger partial charge < -0.3 is 64.6 Å². The molecule has 26 nitrogen and oxygen atoms in total. The van der Waals surface area contributed by atoms with Crippen LogP contribution in [0, 0.1) is 28.9 Å². The predicted molar refractivity (Wildman–Crippen MR) is 365 cm³/mol. The molecule has 2 fully saturated rings. The van der Waals surface area contributed by atoms with Crippen molar-refractivity contribution in [3.63, 3.8) is 0 Å². The standard InChI is InChI=1S/C32H39FN8O4.C18H16FN3O3.C15H26N4O2.C2H4O2.C2H6/c1-19-7-8-21(16-40(19)22-15-35-39(17-22)18-32(2,3)42)29-37-30-24-12-25(33)28(45-6)13-26(24)36-31(41(30)38-29)34-14-20-9-10-23(43-4)11-27(20)44-5;1-23-14-5-4-12(17(7-14)24-2)10-21-11-22-16-8-18(25-3)15(19)6-13(16)9-20;1-11-4-5-12(14(20)6-16)8-19(11)13-7-17-18(9-13)10-15(2,3)21;1-2(3)4;1-2/h9-13,15,17,19,21,42H,7-8,14,16,18H2,1-6H3,(H,34,36);4-8H,10H2,1-3H3;7,9,11-12,21H,4-6,8,10,16H2,1-3H3;1H3,(H,3,4);1-2H3/p+1/t19-,21+;;11-,12+;;/m0.0../s1/i;;;;1D. The van der Waals surface area contributed by atoms with Crippen molar-refractivity contribution >= 4 is 57.3 Å². The Kier molecular flexibility index (Phi) is 27.0. The largest absolute Gasteiger partial charge is 0.497 e. The molecule has 522 valence electrons. The van der Waals surface area contributed by atoms with Crippen LogP contribution in [-0.4, -0.2) is 153 Å². The van der Waals surface area contributed by atoms with E-state index in [1.807, 2.05) is 59.8 Å². The van der Waals surface area contributed by atoms with E-state index in [2.05, 4.69) is 55.2 Å². The van der Waals surface area contributed by atoms with Gasteiger partial charge in [0.2, 0.25) is 12.1 Å². The van der Waals surface area contributed by atoms with E-state index in [0.29, 0.717) is 96.5 Å². The van der Waals surface area contributed by atoms with E-state index < -0.39 is 28.8 Å². The molecule has 4 aromatic carbocycles. The van der Waals surface area contributed by atoms with E-state index in [1.54, 1.807) is 90.5 Å². The average molecular weight is 1350 g/mol. The summed E-state index contributed by atoms with van der Waals surface area (Å²) in [5.74, 6) is 2.12. The van der Waals surface area contributed by atoms with Gasteiger partial charge in [0.15, 0.2) is 46.9 Å². The number of nitrogens with one attached hydrogen (secondary N) is 2. The third kappa shape index (κ3) is 21.0. The molecular weight excluding hydrogens is 1250 g/mol. The molecule has 0 aliphatic carbocycles. The minimum absolute atomic E-state index is 0.00336. The van der Waals surface area contributed by atoms with Crippen LogP contribution < -0.4 is 54.0 Å². The van der Waals surface area contributed by atoms with Gasteiger partial charge in [0.1, 0.15) is 40.4 Å². The van der Waals surface area contributed by atoms with Gasteiger partial charge in [0.25, 0.3) is 5.97 Å². The second-order valence-electron chi connectivity index (χ2n) is 24.2. The molecule has 0 saturated carbocycles. The van der Waals surface area contributed by atoms with Crippen LogP contribution in [0.15, 0.2) is 95.4 Å². The Balaban J connectivity index is 0.000000241. The van der Waals surface area contributed by atoms with Crippen LogP contribution >= 0.6 is 0 Å². The number of aliphatic imine (C=N–C) groups is 2. The van der Waals surface area contributed by atoms with Gasteiger partial charge in [-0.1, -0.05) is 13.8 Å². The van der Waals surface area contributed by atoms with Crippen molar-refractivity contribution in [2.75, 3.05) is 77.4 Å². The second kappa shape index (κ2) is 35.2. The summed E-state index contributed by atoms with van der Waals surface area (Å²) in [4.78, 5) is 43.3. The number of benzene rings is 4. The Hall–Kier alpha value is -9.94. The normalized spacial score (nSPS) is 16.0. The fourth-order valence-electron chi connectivity index (χ4n) is 10.9. The molecule has 2 saturated heterocycles. The number of Topliss-reactive ketones (excluding diaryl/α,β-unsaturated/α-hetero) is 1. The van der Waals surface area contributed by atoms with Crippen LogP contribution in [0.25, 0.3) is 16.6 Å². The van der Waals surface area contributed by atoms with Crippen LogP contribution in [0.3, 0.4) is 0 Å². The summed E-state index contributed by atoms with van der Waals surface area (Å²) in [7, 11) is 9.11. The number of fused-ring (bicyclic) bond motifs is 3. The first-order valence-electron chi connectivity index (χ1n) is 32.1. The number of nitrogens with two attached hydrogens (primary N) is 1. The van der Waals surface area contributed by atoms with Crippen LogP contribution in [0.1, 0.15) is 118 Å². The molecule has 8 aromatic rings. The number of rotatable bonds is 21. The Morgan fingerprint density at radius 2 is 1.42 bits per heavy atom. The number of halogens is 2. The van der Waals surface area contributed by atoms with Gasteiger partial charge in [0.05, 0.1) is 109 Å². The Morgan fingerprint density at radius 1 is 0.825 bits per heavy atom. The number of piperidine rings is 2. The molecule has 10 rings (SSSR count). The molecule has 4 aromatic heterocycles. The number of aromatic nitrogens is 8. The van der Waals surface area contributed by atoms with Crippen LogP contribution in [0.2, 0.25) is 0 Å². The number of anilines is 3. The van der Waals surface area contributed by atoms with Crippen molar-refractivity contribution in [2.24, 2.45) is 21.6 Å². The number of carbonyl (C=O) groups is 2. The predicted octanol–water partition coefficient (Wildman–Crippen LogP) is 9.85. The molecule has 4 atom stereocenters. The number of aliphatic carboxylic acids is 1. The highest BCUT2D eigenvalue weighted by Crippen LogP contribution is 2.36. The summed E-state index contributed by atoms with van der Waals surface area (Å²) in [5.41, 5.74) is 8.94. The molecule has 0 amide bonds. The fraction of sp³-hybridized carbons (Fsp3) is 0.464. The maximum atomic E-state index is 14.9. The highest BCUT2D eigenvalue weighted by Gasteiger charge is 2.33. The molecular formula is C69H92F2N15O11+. The van der Waals surface area contributed by atoms with Gasteiger partial charge in [-0.3, -0.25) is 14.3 Å². The molecule has 2 aliphatic rings. The summed E-state index contributed by atoms with van der Waals surface area (Å²) >= 11 is 0. The van der Waals surface area contributed by atoms with Crippen molar-refractivity contribution in [1.82, 2.24) is 34.5 Å².